The van der Waals surface area contributed by atoms with Gasteiger partial charge in [-0.2, -0.15) is 0 Å². The third kappa shape index (κ3) is 3.95. The summed E-state index contributed by atoms with van der Waals surface area (Å²) in [7, 11) is 0. The first kappa shape index (κ1) is 17.9. The Balaban J connectivity index is 1.51. The third-order valence-corrected chi connectivity index (χ3v) is 5.92. The second-order valence-electron chi connectivity index (χ2n) is 6.74. The van der Waals surface area contributed by atoms with Gasteiger partial charge >= 0.3 is 0 Å². The van der Waals surface area contributed by atoms with Gasteiger partial charge in [0.1, 0.15) is 11.1 Å². The van der Waals surface area contributed by atoms with E-state index in [1.165, 1.54) is 0 Å². The van der Waals surface area contributed by atoms with Crippen LogP contribution in [0.5, 0.6) is 5.75 Å². The summed E-state index contributed by atoms with van der Waals surface area (Å²) in [4.78, 5) is 26.2. The van der Waals surface area contributed by atoms with E-state index in [-0.39, 0.29) is 23.1 Å². The van der Waals surface area contributed by atoms with E-state index in [0.29, 0.717) is 12.4 Å². The van der Waals surface area contributed by atoms with Gasteiger partial charge in [-0.3, -0.25) is 14.5 Å². The second-order valence-corrected chi connectivity index (χ2v) is 7.81. The van der Waals surface area contributed by atoms with Gasteiger partial charge in [-0.15, -0.1) is 11.8 Å². The van der Waals surface area contributed by atoms with E-state index in [9.17, 15) is 9.59 Å². The number of thioether (sulfide) groups is 1. The lowest BCUT2D eigenvalue weighted by molar-refractivity contribution is -0.117. The Morgan fingerprint density at radius 1 is 1.15 bits per heavy atom. The van der Waals surface area contributed by atoms with Crippen LogP contribution in [0, 0.1) is 5.92 Å². The maximum absolute atomic E-state index is 12.5. The molecule has 0 unspecified atom stereocenters. The molecule has 1 atom stereocenters. The SMILES string of the molecule is CCOc1ccc(N2C(=O)CS[C@@H]2c2ccc(NC(=O)C3CC3)cc2)cc1. The fourth-order valence-electron chi connectivity index (χ4n) is 3.14. The number of carbonyl (C=O) groups is 2. The summed E-state index contributed by atoms with van der Waals surface area (Å²) >= 11 is 1.61. The Morgan fingerprint density at radius 3 is 2.48 bits per heavy atom. The highest BCUT2D eigenvalue weighted by molar-refractivity contribution is 8.00. The van der Waals surface area contributed by atoms with Gasteiger partial charge in [-0.05, 0) is 61.7 Å². The molecule has 0 radical (unpaired) electrons. The third-order valence-electron chi connectivity index (χ3n) is 4.71. The van der Waals surface area contributed by atoms with E-state index in [4.69, 9.17) is 4.74 Å². The number of amides is 2. The van der Waals surface area contributed by atoms with Crippen molar-refractivity contribution >= 4 is 35.0 Å². The Kier molecular flexibility index (Phi) is 5.07. The van der Waals surface area contributed by atoms with E-state index in [1.807, 2.05) is 60.4 Å². The van der Waals surface area contributed by atoms with Crippen LogP contribution in [-0.2, 0) is 9.59 Å². The first-order chi connectivity index (χ1) is 13.2. The summed E-state index contributed by atoms with van der Waals surface area (Å²) in [5.41, 5.74) is 2.71. The highest BCUT2D eigenvalue weighted by Crippen LogP contribution is 2.42. The monoisotopic (exact) mass is 382 g/mol. The quantitative estimate of drug-likeness (QED) is 0.813. The van der Waals surface area contributed by atoms with Gasteiger partial charge in [0.15, 0.2) is 0 Å². The molecule has 0 aromatic heterocycles. The number of benzene rings is 2. The van der Waals surface area contributed by atoms with E-state index in [0.717, 1.165) is 35.5 Å². The van der Waals surface area contributed by atoms with Crippen molar-refractivity contribution in [1.82, 2.24) is 0 Å². The molecular formula is C21H22N2O3S. The summed E-state index contributed by atoms with van der Waals surface area (Å²) in [5, 5.41) is 2.89. The molecule has 2 amide bonds. The summed E-state index contributed by atoms with van der Waals surface area (Å²) in [6.07, 6.45) is 1.98. The van der Waals surface area contributed by atoms with Crippen molar-refractivity contribution in [1.29, 1.82) is 0 Å². The first-order valence-corrected chi connectivity index (χ1v) is 10.3. The molecule has 4 rings (SSSR count). The fraction of sp³-hybridized carbons (Fsp3) is 0.333. The highest BCUT2D eigenvalue weighted by atomic mass is 32.2. The molecule has 1 heterocycles. The van der Waals surface area contributed by atoms with Crippen molar-refractivity contribution in [2.75, 3.05) is 22.6 Å². The molecule has 1 saturated carbocycles. The standard InChI is InChI=1S/C21H22N2O3S/c1-2-26-18-11-9-17(10-12-18)23-19(24)13-27-21(23)15-5-7-16(8-6-15)22-20(25)14-3-4-14/h5-12,14,21H,2-4,13H2,1H3,(H,22,25)/t21-/m1/s1. The minimum Gasteiger partial charge on any atom is -0.494 e. The van der Waals surface area contributed by atoms with Crippen LogP contribution in [0.2, 0.25) is 0 Å². The number of hydrogen-bond donors (Lipinski definition) is 1. The summed E-state index contributed by atoms with van der Waals surface area (Å²) < 4.78 is 5.48. The summed E-state index contributed by atoms with van der Waals surface area (Å²) in [6, 6.07) is 15.4. The molecular weight excluding hydrogens is 360 g/mol. The number of ether oxygens (including phenoxy) is 1. The highest BCUT2D eigenvalue weighted by Gasteiger charge is 2.34. The lowest BCUT2D eigenvalue weighted by atomic mass is 10.1. The summed E-state index contributed by atoms with van der Waals surface area (Å²) in [5.74, 6) is 1.64. The molecule has 140 valence electrons. The second kappa shape index (κ2) is 7.64. The van der Waals surface area contributed by atoms with Crippen LogP contribution in [0.1, 0.15) is 30.7 Å². The van der Waals surface area contributed by atoms with Crippen LogP contribution < -0.4 is 15.0 Å². The van der Waals surface area contributed by atoms with Gasteiger partial charge in [0.05, 0.1) is 12.4 Å². The Bertz CT molecular complexity index is 832. The van der Waals surface area contributed by atoms with Crippen LogP contribution in [-0.4, -0.2) is 24.2 Å². The molecule has 2 aliphatic rings. The van der Waals surface area contributed by atoms with Crippen LogP contribution in [0.3, 0.4) is 0 Å². The van der Waals surface area contributed by atoms with Gasteiger partial charge in [0, 0.05) is 17.3 Å². The molecule has 6 heteroatoms. The van der Waals surface area contributed by atoms with Gasteiger partial charge in [0.25, 0.3) is 0 Å². The van der Waals surface area contributed by atoms with Crippen molar-refractivity contribution in [2.45, 2.75) is 25.1 Å². The number of nitrogens with zero attached hydrogens (tertiary/aromatic N) is 1. The topological polar surface area (TPSA) is 58.6 Å². The molecule has 2 fully saturated rings. The van der Waals surface area contributed by atoms with Crippen molar-refractivity contribution in [3.05, 3.63) is 54.1 Å². The Morgan fingerprint density at radius 2 is 1.85 bits per heavy atom. The van der Waals surface area contributed by atoms with E-state index in [2.05, 4.69) is 5.32 Å². The zero-order valence-electron chi connectivity index (χ0n) is 15.2. The van der Waals surface area contributed by atoms with Gasteiger partial charge in [-0.25, -0.2) is 0 Å². The molecule has 1 N–H and O–H groups in total. The molecule has 0 spiro atoms. The molecule has 1 aliphatic heterocycles. The first-order valence-electron chi connectivity index (χ1n) is 9.23. The van der Waals surface area contributed by atoms with Gasteiger partial charge in [0.2, 0.25) is 11.8 Å². The predicted octanol–water partition coefficient (Wildman–Crippen LogP) is 4.21. The molecule has 2 aromatic rings. The van der Waals surface area contributed by atoms with E-state index in [1.54, 1.807) is 11.8 Å². The van der Waals surface area contributed by atoms with Crippen molar-refractivity contribution in [2.24, 2.45) is 5.92 Å². The van der Waals surface area contributed by atoms with Crippen molar-refractivity contribution < 1.29 is 14.3 Å². The van der Waals surface area contributed by atoms with Crippen LogP contribution in [0.15, 0.2) is 48.5 Å². The largest absolute Gasteiger partial charge is 0.494 e. The average Bonchev–Trinajstić information content (AvgIpc) is 3.46. The van der Waals surface area contributed by atoms with E-state index < -0.39 is 0 Å². The normalized spacial score (nSPS) is 19.2. The lowest BCUT2D eigenvalue weighted by Gasteiger charge is -2.24. The Hall–Kier alpha value is -2.47. The number of rotatable bonds is 6. The zero-order valence-corrected chi connectivity index (χ0v) is 16.0. The number of anilines is 2. The van der Waals surface area contributed by atoms with Crippen LogP contribution in [0.4, 0.5) is 11.4 Å². The van der Waals surface area contributed by atoms with Gasteiger partial charge < -0.3 is 10.1 Å². The molecule has 0 bridgehead atoms. The average molecular weight is 382 g/mol. The number of carbonyl (C=O) groups excluding carboxylic acids is 2. The zero-order chi connectivity index (χ0) is 18.8. The maximum Gasteiger partial charge on any atom is 0.238 e. The van der Waals surface area contributed by atoms with Gasteiger partial charge in [-0.1, -0.05) is 12.1 Å². The predicted molar refractivity (Wildman–Crippen MR) is 108 cm³/mol. The smallest absolute Gasteiger partial charge is 0.238 e. The van der Waals surface area contributed by atoms with E-state index >= 15 is 0 Å². The lowest BCUT2D eigenvalue weighted by Crippen LogP contribution is -2.27. The van der Waals surface area contributed by atoms with Crippen molar-refractivity contribution in [3.8, 4) is 5.75 Å². The molecule has 5 nitrogen and oxygen atoms in total. The van der Waals surface area contributed by atoms with Crippen LogP contribution >= 0.6 is 11.8 Å². The number of nitrogens with one attached hydrogen (secondary N) is 1. The maximum atomic E-state index is 12.5. The molecule has 1 saturated heterocycles. The summed E-state index contributed by atoms with van der Waals surface area (Å²) in [6.45, 7) is 2.56. The molecule has 1 aliphatic carbocycles. The number of hydrogen-bond acceptors (Lipinski definition) is 4. The minimum absolute atomic E-state index is 0.0661. The fourth-order valence-corrected chi connectivity index (χ4v) is 4.32. The minimum atomic E-state index is -0.0661. The molecule has 2 aromatic carbocycles. The molecule has 27 heavy (non-hydrogen) atoms. The van der Waals surface area contributed by atoms with Crippen molar-refractivity contribution in [3.63, 3.8) is 0 Å². The Labute approximate surface area is 163 Å². The van der Waals surface area contributed by atoms with Crippen LogP contribution in [0.25, 0.3) is 0 Å².